The van der Waals surface area contributed by atoms with Crippen molar-refractivity contribution in [3.63, 3.8) is 0 Å². The predicted molar refractivity (Wildman–Crippen MR) is 97.8 cm³/mol. The standard InChI is InChI=1S/C18H27N3OS/c1-13(2)8-7-9-14(3)19-18(22)21(4)12-17-20-15-10-5-6-11-16(15)23-17/h5-6,10-11,13-14H,7-9,12H2,1-4H3,(H,19,22). The van der Waals surface area contributed by atoms with E-state index >= 15 is 0 Å². The minimum atomic E-state index is -0.0266. The summed E-state index contributed by atoms with van der Waals surface area (Å²) in [7, 11) is 1.82. The number of thiazole rings is 1. The maximum atomic E-state index is 12.3. The third-order valence-electron chi connectivity index (χ3n) is 3.85. The molecular formula is C18H27N3OS. The number of nitrogens with zero attached hydrogens (tertiary/aromatic N) is 2. The number of rotatable bonds is 7. The second-order valence-electron chi connectivity index (χ2n) is 6.61. The largest absolute Gasteiger partial charge is 0.336 e. The van der Waals surface area contributed by atoms with E-state index in [0.717, 1.165) is 29.3 Å². The average Bonchev–Trinajstić information content (AvgIpc) is 2.88. The molecule has 4 nitrogen and oxygen atoms in total. The van der Waals surface area contributed by atoms with Gasteiger partial charge in [-0.25, -0.2) is 9.78 Å². The number of hydrogen-bond acceptors (Lipinski definition) is 3. The number of fused-ring (bicyclic) bond motifs is 1. The second kappa shape index (κ2) is 8.29. The van der Waals surface area contributed by atoms with Crippen LogP contribution in [0.25, 0.3) is 10.2 Å². The van der Waals surface area contributed by atoms with Crippen LogP contribution >= 0.6 is 11.3 Å². The molecular weight excluding hydrogens is 306 g/mol. The molecule has 0 radical (unpaired) electrons. The molecule has 1 aromatic heterocycles. The van der Waals surface area contributed by atoms with Gasteiger partial charge in [0.1, 0.15) is 5.01 Å². The fourth-order valence-electron chi connectivity index (χ4n) is 2.49. The van der Waals surface area contributed by atoms with Crippen LogP contribution in [0.2, 0.25) is 0 Å². The Morgan fingerprint density at radius 3 is 2.70 bits per heavy atom. The highest BCUT2D eigenvalue weighted by molar-refractivity contribution is 7.18. The number of urea groups is 1. The van der Waals surface area contributed by atoms with Crippen molar-refractivity contribution in [1.29, 1.82) is 0 Å². The minimum absolute atomic E-state index is 0.0266. The van der Waals surface area contributed by atoms with Crippen LogP contribution in [0.5, 0.6) is 0 Å². The summed E-state index contributed by atoms with van der Waals surface area (Å²) >= 11 is 1.65. The van der Waals surface area contributed by atoms with Crippen molar-refractivity contribution in [3.05, 3.63) is 29.3 Å². The molecule has 0 bridgehead atoms. The van der Waals surface area contributed by atoms with Gasteiger partial charge in [-0.3, -0.25) is 0 Å². The lowest BCUT2D eigenvalue weighted by Gasteiger charge is -2.20. The number of hydrogen-bond donors (Lipinski definition) is 1. The lowest BCUT2D eigenvalue weighted by molar-refractivity contribution is 0.202. The second-order valence-corrected chi connectivity index (χ2v) is 7.72. The molecule has 2 amide bonds. The zero-order valence-corrected chi connectivity index (χ0v) is 15.3. The number of carbonyl (C=O) groups is 1. The topological polar surface area (TPSA) is 45.2 Å². The molecule has 5 heteroatoms. The van der Waals surface area contributed by atoms with Gasteiger partial charge in [0.2, 0.25) is 0 Å². The molecule has 2 aromatic rings. The minimum Gasteiger partial charge on any atom is -0.336 e. The summed E-state index contributed by atoms with van der Waals surface area (Å²) in [5.74, 6) is 0.722. The van der Waals surface area contributed by atoms with Crippen LogP contribution in [0.3, 0.4) is 0 Å². The third-order valence-corrected chi connectivity index (χ3v) is 4.87. The fourth-order valence-corrected chi connectivity index (χ4v) is 3.51. The van der Waals surface area contributed by atoms with Crippen molar-refractivity contribution in [2.24, 2.45) is 5.92 Å². The van der Waals surface area contributed by atoms with Crippen molar-refractivity contribution in [1.82, 2.24) is 15.2 Å². The van der Waals surface area contributed by atoms with Crippen LogP contribution in [0.4, 0.5) is 4.79 Å². The number of benzene rings is 1. The number of nitrogens with one attached hydrogen (secondary N) is 1. The Kier molecular flexibility index (Phi) is 6.39. The van der Waals surface area contributed by atoms with Gasteiger partial charge in [-0.2, -0.15) is 0 Å². The molecule has 2 rings (SSSR count). The lowest BCUT2D eigenvalue weighted by atomic mass is 10.0. The van der Waals surface area contributed by atoms with E-state index < -0.39 is 0 Å². The summed E-state index contributed by atoms with van der Waals surface area (Å²) in [6, 6.07) is 8.25. The lowest BCUT2D eigenvalue weighted by Crippen LogP contribution is -2.41. The average molecular weight is 334 g/mol. The van der Waals surface area contributed by atoms with E-state index in [1.807, 2.05) is 25.2 Å². The first-order chi connectivity index (χ1) is 11.0. The van der Waals surface area contributed by atoms with E-state index in [0.29, 0.717) is 6.54 Å². The molecule has 23 heavy (non-hydrogen) atoms. The molecule has 0 saturated heterocycles. The van der Waals surface area contributed by atoms with Gasteiger partial charge in [-0.1, -0.05) is 38.8 Å². The van der Waals surface area contributed by atoms with Gasteiger partial charge in [0.25, 0.3) is 0 Å². The maximum Gasteiger partial charge on any atom is 0.317 e. The highest BCUT2D eigenvalue weighted by Gasteiger charge is 2.14. The van der Waals surface area contributed by atoms with Crippen molar-refractivity contribution >= 4 is 27.6 Å². The quantitative estimate of drug-likeness (QED) is 0.801. The van der Waals surface area contributed by atoms with E-state index in [4.69, 9.17) is 0 Å². The predicted octanol–water partition coefficient (Wildman–Crippen LogP) is 4.65. The number of para-hydroxylation sites is 1. The van der Waals surface area contributed by atoms with Gasteiger partial charge in [-0.05, 0) is 31.4 Å². The van der Waals surface area contributed by atoms with Gasteiger partial charge in [0, 0.05) is 13.1 Å². The normalized spacial score (nSPS) is 12.6. The molecule has 1 atom stereocenters. The van der Waals surface area contributed by atoms with Crippen molar-refractivity contribution in [2.75, 3.05) is 7.05 Å². The molecule has 126 valence electrons. The summed E-state index contributed by atoms with van der Waals surface area (Å²) in [5, 5.41) is 4.04. The summed E-state index contributed by atoms with van der Waals surface area (Å²) in [4.78, 5) is 18.5. The van der Waals surface area contributed by atoms with Gasteiger partial charge in [0.05, 0.1) is 16.8 Å². The third kappa shape index (κ3) is 5.50. The van der Waals surface area contributed by atoms with Crippen LogP contribution in [0.15, 0.2) is 24.3 Å². The molecule has 0 saturated carbocycles. The fraction of sp³-hybridized carbons (Fsp3) is 0.556. The first-order valence-electron chi connectivity index (χ1n) is 8.31. The van der Waals surface area contributed by atoms with Crippen LogP contribution < -0.4 is 5.32 Å². The Morgan fingerprint density at radius 2 is 2.00 bits per heavy atom. The maximum absolute atomic E-state index is 12.3. The smallest absolute Gasteiger partial charge is 0.317 e. The van der Waals surface area contributed by atoms with E-state index in [2.05, 4.69) is 37.1 Å². The highest BCUT2D eigenvalue weighted by Crippen LogP contribution is 2.22. The van der Waals surface area contributed by atoms with E-state index in [1.165, 1.54) is 11.1 Å². The molecule has 0 aliphatic carbocycles. The molecule has 1 heterocycles. The molecule has 0 fully saturated rings. The Bertz CT molecular complexity index is 605. The van der Waals surface area contributed by atoms with Crippen molar-refractivity contribution in [3.8, 4) is 0 Å². The number of aromatic nitrogens is 1. The first-order valence-corrected chi connectivity index (χ1v) is 9.13. The summed E-state index contributed by atoms with van der Waals surface area (Å²) < 4.78 is 1.17. The van der Waals surface area contributed by atoms with E-state index in [-0.39, 0.29) is 12.1 Å². The van der Waals surface area contributed by atoms with Crippen LogP contribution in [-0.2, 0) is 6.54 Å². The Balaban J connectivity index is 1.82. The van der Waals surface area contributed by atoms with Crippen molar-refractivity contribution < 1.29 is 4.79 Å². The summed E-state index contributed by atoms with van der Waals surface area (Å²) in [5.41, 5.74) is 1.00. The van der Waals surface area contributed by atoms with E-state index in [9.17, 15) is 4.79 Å². The molecule has 0 spiro atoms. The van der Waals surface area contributed by atoms with Gasteiger partial charge in [-0.15, -0.1) is 11.3 Å². The molecule has 0 aliphatic heterocycles. The summed E-state index contributed by atoms with van der Waals surface area (Å²) in [6.45, 7) is 7.08. The van der Waals surface area contributed by atoms with Gasteiger partial charge < -0.3 is 10.2 Å². The SMILES string of the molecule is CC(C)CCCC(C)NC(=O)N(C)Cc1nc2ccccc2s1. The molecule has 1 N–H and O–H groups in total. The number of amides is 2. The Hall–Kier alpha value is -1.62. The Labute approximate surface area is 142 Å². The Morgan fingerprint density at radius 1 is 1.26 bits per heavy atom. The number of carbonyl (C=O) groups excluding carboxylic acids is 1. The van der Waals surface area contributed by atoms with Gasteiger partial charge in [0.15, 0.2) is 0 Å². The monoisotopic (exact) mass is 333 g/mol. The van der Waals surface area contributed by atoms with Gasteiger partial charge >= 0.3 is 6.03 Å². The zero-order valence-electron chi connectivity index (χ0n) is 14.5. The highest BCUT2D eigenvalue weighted by atomic mass is 32.1. The van der Waals surface area contributed by atoms with Crippen LogP contribution in [0.1, 0.15) is 45.0 Å². The summed E-state index contributed by atoms with van der Waals surface area (Å²) in [6.07, 6.45) is 3.39. The first kappa shape index (κ1) is 17.7. The van der Waals surface area contributed by atoms with Crippen molar-refractivity contribution in [2.45, 2.75) is 52.6 Å². The van der Waals surface area contributed by atoms with E-state index in [1.54, 1.807) is 16.2 Å². The zero-order chi connectivity index (χ0) is 16.8. The molecule has 1 unspecified atom stereocenters. The van der Waals surface area contributed by atoms with Crippen LogP contribution in [-0.4, -0.2) is 29.0 Å². The van der Waals surface area contributed by atoms with Crippen LogP contribution in [0, 0.1) is 5.92 Å². The molecule has 1 aromatic carbocycles. The molecule has 0 aliphatic rings.